The Bertz CT molecular complexity index is 626. The van der Waals surface area contributed by atoms with E-state index in [0.717, 1.165) is 0 Å². The molecule has 3 atom stereocenters. The van der Waals surface area contributed by atoms with Crippen molar-refractivity contribution < 1.29 is 45.6 Å². The molecule has 2 rings (SSSR count). The van der Waals surface area contributed by atoms with Crippen molar-refractivity contribution in [3.8, 4) is 0 Å². The van der Waals surface area contributed by atoms with Gasteiger partial charge in [0.15, 0.2) is 6.29 Å². The number of esters is 1. The number of fused-ring (bicyclic) bond motifs is 1. The zero-order chi connectivity index (χ0) is 18.2. The summed E-state index contributed by atoms with van der Waals surface area (Å²) in [5.74, 6) is -0.509. The fourth-order valence-corrected chi connectivity index (χ4v) is 2.00. The number of nitrogens with zero attached hydrogens (tertiary/aromatic N) is 1. The van der Waals surface area contributed by atoms with Gasteiger partial charge in [-0.15, -0.1) is 0 Å². The fourth-order valence-electron chi connectivity index (χ4n) is 2.00. The van der Waals surface area contributed by atoms with E-state index in [0.29, 0.717) is 6.42 Å². The van der Waals surface area contributed by atoms with E-state index in [4.69, 9.17) is 18.1 Å². The zero-order valence-electron chi connectivity index (χ0n) is 11.9. The number of amides is 1. The SMILES string of the molecule is CC1C=C(C(=O)O[C@H](C)O)N2C(=O)CC12.O=S(=O)(O)C(F)(F)F. The van der Waals surface area contributed by atoms with Crippen LogP contribution in [0.25, 0.3) is 0 Å². The normalized spacial score (nSPS) is 24.7. The van der Waals surface area contributed by atoms with Crippen molar-refractivity contribution in [3.63, 3.8) is 0 Å². The van der Waals surface area contributed by atoms with Gasteiger partial charge in [0.2, 0.25) is 5.91 Å². The summed E-state index contributed by atoms with van der Waals surface area (Å²) >= 11 is 0. The van der Waals surface area contributed by atoms with E-state index in [-0.39, 0.29) is 23.6 Å². The summed E-state index contributed by atoms with van der Waals surface area (Å²) in [5.41, 5.74) is -5.27. The van der Waals surface area contributed by atoms with Crippen LogP contribution in [0.4, 0.5) is 13.2 Å². The molecule has 0 aliphatic carbocycles. The van der Waals surface area contributed by atoms with Gasteiger partial charge in [-0.1, -0.05) is 6.92 Å². The number of alkyl halides is 3. The maximum Gasteiger partial charge on any atom is 0.522 e. The van der Waals surface area contributed by atoms with Crippen LogP contribution in [0.1, 0.15) is 20.3 Å². The van der Waals surface area contributed by atoms with Crippen LogP contribution in [0.3, 0.4) is 0 Å². The van der Waals surface area contributed by atoms with Gasteiger partial charge in [-0.2, -0.15) is 21.6 Å². The molecule has 8 nitrogen and oxygen atoms in total. The van der Waals surface area contributed by atoms with Crippen LogP contribution in [-0.2, 0) is 24.4 Å². The van der Waals surface area contributed by atoms with Gasteiger partial charge in [0.05, 0.1) is 6.04 Å². The van der Waals surface area contributed by atoms with Crippen LogP contribution in [-0.4, -0.2) is 52.7 Å². The maximum atomic E-state index is 11.5. The van der Waals surface area contributed by atoms with Gasteiger partial charge in [0, 0.05) is 6.42 Å². The van der Waals surface area contributed by atoms with Crippen LogP contribution in [0.2, 0.25) is 0 Å². The summed E-state index contributed by atoms with van der Waals surface area (Å²) in [5, 5.41) is 8.91. The van der Waals surface area contributed by atoms with E-state index in [9.17, 15) is 22.8 Å². The Morgan fingerprint density at radius 2 is 1.96 bits per heavy atom. The first-order valence-electron chi connectivity index (χ1n) is 6.22. The molecule has 1 amide bonds. The van der Waals surface area contributed by atoms with Crippen molar-refractivity contribution in [1.29, 1.82) is 0 Å². The molecule has 0 radical (unpaired) electrons. The Morgan fingerprint density at radius 1 is 1.48 bits per heavy atom. The van der Waals surface area contributed by atoms with Crippen molar-refractivity contribution in [2.45, 2.75) is 38.1 Å². The van der Waals surface area contributed by atoms with E-state index in [1.807, 2.05) is 6.92 Å². The lowest BCUT2D eigenvalue weighted by atomic mass is 9.94. The number of ether oxygens (including phenoxy) is 1. The third-order valence-corrected chi connectivity index (χ3v) is 3.64. The molecule has 2 unspecified atom stereocenters. The Kier molecular flexibility index (Phi) is 5.44. The van der Waals surface area contributed by atoms with Crippen LogP contribution in [0, 0.1) is 5.92 Å². The molecule has 1 fully saturated rings. The number of hydrogen-bond donors (Lipinski definition) is 2. The van der Waals surface area contributed by atoms with Crippen LogP contribution < -0.4 is 0 Å². The molecule has 2 aliphatic heterocycles. The summed E-state index contributed by atoms with van der Waals surface area (Å²) in [6.45, 7) is 3.30. The van der Waals surface area contributed by atoms with Gasteiger partial charge in [0.25, 0.3) is 0 Å². The minimum atomic E-state index is -5.84. The minimum Gasteiger partial charge on any atom is -0.432 e. The molecule has 12 heteroatoms. The van der Waals surface area contributed by atoms with Crippen molar-refractivity contribution in [2.24, 2.45) is 5.92 Å². The first kappa shape index (κ1) is 19.4. The first-order valence-corrected chi connectivity index (χ1v) is 7.66. The van der Waals surface area contributed by atoms with Crippen LogP contribution in [0.15, 0.2) is 11.8 Å². The molecular formula is C11H14F3NO7S. The molecule has 1 saturated heterocycles. The summed E-state index contributed by atoms with van der Waals surface area (Å²) in [7, 11) is -5.84. The average molecular weight is 361 g/mol. The van der Waals surface area contributed by atoms with Gasteiger partial charge in [0.1, 0.15) is 5.70 Å². The number of hydrogen-bond acceptors (Lipinski definition) is 6. The molecule has 2 N–H and O–H groups in total. The smallest absolute Gasteiger partial charge is 0.432 e. The number of halogens is 3. The lowest BCUT2D eigenvalue weighted by Gasteiger charge is -2.37. The van der Waals surface area contributed by atoms with Crippen LogP contribution in [0.5, 0.6) is 0 Å². The van der Waals surface area contributed by atoms with Gasteiger partial charge < -0.3 is 14.7 Å². The zero-order valence-corrected chi connectivity index (χ0v) is 12.8. The highest BCUT2D eigenvalue weighted by molar-refractivity contribution is 7.86. The van der Waals surface area contributed by atoms with Crippen molar-refractivity contribution in [2.75, 3.05) is 0 Å². The third kappa shape index (κ3) is 4.42. The molecule has 23 heavy (non-hydrogen) atoms. The molecule has 0 bridgehead atoms. The summed E-state index contributed by atoms with van der Waals surface area (Å²) < 4.78 is 62.2. The van der Waals surface area contributed by atoms with E-state index in [1.54, 1.807) is 6.08 Å². The average Bonchev–Trinajstić information content (AvgIpc) is 2.58. The number of β-lactam (4-membered cyclic amide) rings is 1. The topological polar surface area (TPSA) is 121 Å². The van der Waals surface area contributed by atoms with E-state index in [2.05, 4.69) is 4.74 Å². The first-order chi connectivity index (χ1) is 10.3. The molecule has 0 aromatic heterocycles. The standard InChI is InChI=1S/C10H13NO4.CHF3O3S/c1-5-3-8(10(14)15-6(2)12)11-7(5)4-9(11)13;2-1(3,4)8(5,6)7/h3,5-7,12H,4H2,1-2H3;(H,5,6,7)/t5?,6-,7?;/m1./s1. The summed E-state index contributed by atoms with van der Waals surface area (Å²) in [4.78, 5) is 24.2. The molecule has 2 heterocycles. The fraction of sp³-hybridized carbons (Fsp3) is 0.636. The van der Waals surface area contributed by atoms with Gasteiger partial charge in [-0.05, 0) is 18.9 Å². The summed E-state index contributed by atoms with van der Waals surface area (Å²) in [6.07, 6.45) is 1.06. The predicted molar refractivity (Wildman–Crippen MR) is 67.9 cm³/mol. The molecule has 0 aromatic carbocycles. The maximum absolute atomic E-state index is 11.5. The Balaban J connectivity index is 0.000000284. The third-order valence-electron chi connectivity index (χ3n) is 3.05. The number of rotatable bonds is 2. The highest BCUT2D eigenvalue weighted by atomic mass is 32.2. The van der Waals surface area contributed by atoms with Gasteiger partial charge >= 0.3 is 21.6 Å². The van der Waals surface area contributed by atoms with Gasteiger partial charge in [-0.3, -0.25) is 9.35 Å². The molecule has 0 aromatic rings. The second kappa shape index (κ2) is 6.45. The van der Waals surface area contributed by atoms with E-state index >= 15 is 0 Å². The Labute approximate surface area is 129 Å². The van der Waals surface area contributed by atoms with Crippen molar-refractivity contribution in [1.82, 2.24) is 4.90 Å². The number of carbonyl (C=O) groups is 2. The Hall–Kier alpha value is -1.66. The molecule has 2 aliphatic rings. The predicted octanol–water partition coefficient (Wildman–Crippen LogP) is 0.396. The lowest BCUT2D eigenvalue weighted by Crippen LogP contribution is -2.52. The molecular weight excluding hydrogens is 347 g/mol. The number of aliphatic hydroxyl groups excluding tert-OH is 1. The second-order valence-electron chi connectivity index (χ2n) is 4.87. The highest BCUT2D eigenvalue weighted by Gasteiger charge is 2.48. The van der Waals surface area contributed by atoms with E-state index in [1.165, 1.54) is 11.8 Å². The second-order valence-corrected chi connectivity index (χ2v) is 6.28. The number of aliphatic hydroxyl groups is 1. The quantitative estimate of drug-likeness (QED) is 0.240. The van der Waals surface area contributed by atoms with Crippen molar-refractivity contribution >= 4 is 22.0 Å². The highest BCUT2D eigenvalue weighted by Crippen LogP contribution is 2.37. The molecule has 132 valence electrons. The van der Waals surface area contributed by atoms with Crippen LogP contribution >= 0.6 is 0 Å². The number of carbonyl (C=O) groups excluding carboxylic acids is 2. The Morgan fingerprint density at radius 3 is 2.30 bits per heavy atom. The van der Waals surface area contributed by atoms with E-state index < -0.39 is 27.9 Å². The summed E-state index contributed by atoms with van der Waals surface area (Å²) in [6, 6.07) is 0.106. The van der Waals surface area contributed by atoms with Crippen molar-refractivity contribution in [3.05, 3.63) is 11.8 Å². The monoisotopic (exact) mass is 361 g/mol. The largest absolute Gasteiger partial charge is 0.522 e. The molecule has 0 saturated carbocycles. The van der Waals surface area contributed by atoms with Gasteiger partial charge in [-0.25, -0.2) is 4.79 Å². The lowest BCUT2D eigenvalue weighted by molar-refractivity contribution is -0.165. The molecule has 0 spiro atoms. The minimum absolute atomic E-state index is 0.0573.